The van der Waals surface area contributed by atoms with Crippen molar-refractivity contribution in [3.63, 3.8) is 0 Å². The molecule has 184 valence electrons. The Balaban J connectivity index is 1.66. The summed E-state index contributed by atoms with van der Waals surface area (Å²) in [6, 6.07) is 6.93. The van der Waals surface area contributed by atoms with Gasteiger partial charge in [0.05, 0.1) is 23.4 Å². The van der Waals surface area contributed by atoms with Crippen molar-refractivity contribution in [3.8, 4) is 17.2 Å². The topological polar surface area (TPSA) is 110 Å². The van der Waals surface area contributed by atoms with E-state index >= 15 is 0 Å². The van der Waals surface area contributed by atoms with Crippen LogP contribution >= 0.6 is 11.6 Å². The fourth-order valence-electron chi connectivity index (χ4n) is 2.84. The van der Waals surface area contributed by atoms with Crippen molar-refractivity contribution in [2.75, 3.05) is 12.4 Å². The molecule has 0 fully saturated rings. The van der Waals surface area contributed by atoms with Crippen LogP contribution in [0.5, 0.6) is 17.2 Å². The molecule has 0 saturated carbocycles. The number of carbonyl (C=O) groups excluding carboxylic acids is 1. The quantitative estimate of drug-likeness (QED) is 0.349. The zero-order valence-electron chi connectivity index (χ0n) is 17.7. The molecule has 0 aliphatic carbocycles. The van der Waals surface area contributed by atoms with Crippen LogP contribution in [0.1, 0.15) is 21.6 Å². The third kappa shape index (κ3) is 6.51. The van der Waals surface area contributed by atoms with Gasteiger partial charge in [-0.1, -0.05) is 17.7 Å². The van der Waals surface area contributed by atoms with E-state index in [1.54, 1.807) is 0 Å². The molecule has 3 aromatic rings. The van der Waals surface area contributed by atoms with Crippen LogP contribution in [0.3, 0.4) is 0 Å². The first-order valence-corrected chi connectivity index (χ1v) is 10.0. The van der Waals surface area contributed by atoms with Gasteiger partial charge in [0.1, 0.15) is 11.5 Å². The van der Waals surface area contributed by atoms with Crippen LogP contribution in [-0.2, 0) is 12.7 Å². The molecule has 35 heavy (non-hydrogen) atoms. The number of urea groups is 1. The normalized spacial score (nSPS) is 11.0. The van der Waals surface area contributed by atoms with E-state index in [1.807, 2.05) is 0 Å². The molecular formula is C22H16ClF4N3O5. The second-order valence-corrected chi connectivity index (χ2v) is 7.29. The summed E-state index contributed by atoms with van der Waals surface area (Å²) in [6.07, 6.45) is -3.55. The SMILES string of the molecule is COc1cc(Cl)c(C(F)(F)F)cc1NC(=O)NCc1ccc(Oc2ccnc(C(=O)O)c2)c(F)c1. The van der Waals surface area contributed by atoms with E-state index < -0.39 is 34.6 Å². The van der Waals surface area contributed by atoms with Crippen molar-refractivity contribution in [2.45, 2.75) is 12.7 Å². The van der Waals surface area contributed by atoms with E-state index in [9.17, 15) is 27.2 Å². The zero-order valence-corrected chi connectivity index (χ0v) is 18.5. The van der Waals surface area contributed by atoms with Gasteiger partial charge in [-0.3, -0.25) is 0 Å². The number of alkyl halides is 3. The number of hydrogen-bond donors (Lipinski definition) is 3. The van der Waals surface area contributed by atoms with Crippen LogP contribution in [0.4, 0.5) is 28.0 Å². The molecule has 2 aromatic carbocycles. The van der Waals surface area contributed by atoms with Gasteiger partial charge in [0.25, 0.3) is 0 Å². The van der Waals surface area contributed by atoms with Gasteiger partial charge in [0, 0.05) is 24.9 Å². The maximum atomic E-state index is 14.4. The fraction of sp³-hybridized carbons (Fsp3) is 0.136. The molecule has 3 rings (SSSR count). The number of aromatic carboxylic acids is 1. The maximum absolute atomic E-state index is 14.4. The molecular weight excluding hydrogens is 498 g/mol. The van der Waals surface area contributed by atoms with Crippen molar-refractivity contribution < 1.29 is 41.7 Å². The van der Waals surface area contributed by atoms with Gasteiger partial charge in [-0.25, -0.2) is 19.0 Å². The molecule has 0 unspecified atom stereocenters. The predicted molar refractivity (Wildman–Crippen MR) is 117 cm³/mol. The number of benzene rings is 2. The Bertz CT molecular complexity index is 1270. The number of amides is 2. The molecule has 0 saturated heterocycles. The Morgan fingerprint density at radius 1 is 1.11 bits per heavy atom. The number of nitrogens with one attached hydrogen (secondary N) is 2. The second-order valence-electron chi connectivity index (χ2n) is 6.89. The van der Waals surface area contributed by atoms with Crippen LogP contribution in [0, 0.1) is 5.82 Å². The van der Waals surface area contributed by atoms with Crippen molar-refractivity contribution in [2.24, 2.45) is 0 Å². The first-order valence-electron chi connectivity index (χ1n) is 9.63. The van der Waals surface area contributed by atoms with Crippen LogP contribution in [-0.4, -0.2) is 29.2 Å². The van der Waals surface area contributed by atoms with E-state index in [0.29, 0.717) is 11.6 Å². The summed E-state index contributed by atoms with van der Waals surface area (Å²) in [5.74, 6) is -2.31. The number of carbonyl (C=O) groups is 2. The highest BCUT2D eigenvalue weighted by atomic mass is 35.5. The van der Waals surface area contributed by atoms with Crippen molar-refractivity contribution in [3.05, 3.63) is 76.3 Å². The predicted octanol–water partition coefficient (Wildman–Crippen LogP) is 5.71. The highest BCUT2D eigenvalue weighted by Gasteiger charge is 2.34. The van der Waals surface area contributed by atoms with Crippen molar-refractivity contribution in [1.82, 2.24) is 10.3 Å². The Kier molecular flexibility index (Phi) is 7.65. The van der Waals surface area contributed by atoms with Crippen LogP contribution in [0.25, 0.3) is 0 Å². The lowest BCUT2D eigenvalue weighted by Gasteiger charge is -2.16. The molecule has 1 heterocycles. The van der Waals surface area contributed by atoms with E-state index in [4.69, 9.17) is 26.2 Å². The molecule has 0 aliphatic heterocycles. The molecule has 13 heteroatoms. The van der Waals surface area contributed by atoms with Crippen molar-refractivity contribution >= 4 is 29.3 Å². The fourth-order valence-corrected chi connectivity index (χ4v) is 3.10. The average Bonchev–Trinajstić information content (AvgIpc) is 2.79. The first-order chi connectivity index (χ1) is 16.5. The van der Waals surface area contributed by atoms with Crippen LogP contribution in [0.15, 0.2) is 48.7 Å². The van der Waals surface area contributed by atoms with Crippen LogP contribution < -0.4 is 20.1 Å². The van der Waals surface area contributed by atoms with E-state index in [1.165, 1.54) is 31.5 Å². The average molecular weight is 514 g/mol. The molecule has 1 aromatic heterocycles. The lowest BCUT2D eigenvalue weighted by atomic mass is 10.1. The number of halogens is 5. The number of hydrogen-bond acceptors (Lipinski definition) is 5. The lowest BCUT2D eigenvalue weighted by Crippen LogP contribution is -2.28. The summed E-state index contributed by atoms with van der Waals surface area (Å²) in [5.41, 5.74) is -1.40. The number of carboxylic acids is 1. The Morgan fingerprint density at radius 3 is 2.49 bits per heavy atom. The number of nitrogens with zero attached hydrogens (tertiary/aromatic N) is 1. The van der Waals surface area contributed by atoms with Crippen LogP contribution in [0.2, 0.25) is 5.02 Å². The summed E-state index contributed by atoms with van der Waals surface area (Å²) < 4.78 is 64.1. The Morgan fingerprint density at radius 2 is 1.86 bits per heavy atom. The summed E-state index contributed by atoms with van der Waals surface area (Å²) in [7, 11) is 1.20. The molecule has 3 N–H and O–H groups in total. The maximum Gasteiger partial charge on any atom is 0.417 e. The number of pyridine rings is 1. The van der Waals surface area contributed by atoms with E-state index in [-0.39, 0.29) is 35.2 Å². The molecule has 0 spiro atoms. The summed E-state index contributed by atoms with van der Waals surface area (Å²) in [4.78, 5) is 26.8. The minimum Gasteiger partial charge on any atom is -0.495 e. The molecule has 0 bridgehead atoms. The summed E-state index contributed by atoms with van der Waals surface area (Å²) in [6.45, 7) is -0.177. The summed E-state index contributed by atoms with van der Waals surface area (Å²) in [5, 5.41) is 13.0. The molecule has 0 radical (unpaired) electrons. The number of anilines is 1. The van der Waals surface area contributed by atoms with Gasteiger partial charge in [-0.05, 0) is 29.8 Å². The highest BCUT2D eigenvalue weighted by Crippen LogP contribution is 2.40. The van der Waals surface area contributed by atoms with Gasteiger partial charge in [-0.2, -0.15) is 13.2 Å². The highest BCUT2D eigenvalue weighted by molar-refractivity contribution is 6.31. The van der Waals surface area contributed by atoms with E-state index in [0.717, 1.165) is 18.2 Å². The lowest BCUT2D eigenvalue weighted by molar-refractivity contribution is -0.137. The third-order valence-corrected chi connectivity index (χ3v) is 4.78. The van der Waals surface area contributed by atoms with E-state index in [2.05, 4.69) is 15.6 Å². The molecule has 8 nitrogen and oxygen atoms in total. The summed E-state index contributed by atoms with van der Waals surface area (Å²) >= 11 is 5.64. The number of carboxylic acid groups (broad SMARTS) is 1. The van der Waals surface area contributed by atoms with Gasteiger partial charge in [0.15, 0.2) is 17.3 Å². The molecule has 0 atom stereocenters. The zero-order chi connectivity index (χ0) is 25.8. The smallest absolute Gasteiger partial charge is 0.417 e. The third-order valence-electron chi connectivity index (χ3n) is 4.47. The number of methoxy groups -OCH3 is 1. The molecule has 0 aliphatic rings. The van der Waals surface area contributed by atoms with Gasteiger partial charge in [0.2, 0.25) is 0 Å². The van der Waals surface area contributed by atoms with Crippen molar-refractivity contribution in [1.29, 1.82) is 0 Å². The second kappa shape index (κ2) is 10.5. The minimum atomic E-state index is -4.75. The minimum absolute atomic E-state index is 0.0525. The Labute approximate surface area is 200 Å². The van der Waals surface area contributed by atoms with Gasteiger partial charge >= 0.3 is 18.2 Å². The van der Waals surface area contributed by atoms with Gasteiger partial charge in [-0.15, -0.1) is 0 Å². The number of ether oxygens (including phenoxy) is 2. The van der Waals surface area contributed by atoms with Gasteiger partial charge < -0.3 is 25.2 Å². The first kappa shape index (κ1) is 25.6. The number of rotatable bonds is 7. The largest absolute Gasteiger partial charge is 0.495 e. The standard InChI is InChI=1S/C22H16ClF4N3O5/c1-34-19-9-14(23)13(22(25,26)27)8-16(19)30-21(33)29-10-11-2-3-18(15(24)6-11)35-12-4-5-28-17(7-12)20(31)32/h2-9H,10H2,1H3,(H,31,32)(H2,29,30,33). The molecule has 2 amide bonds. The number of aromatic nitrogens is 1. The monoisotopic (exact) mass is 513 g/mol. The Hall–Kier alpha value is -4.06.